The lowest BCUT2D eigenvalue weighted by atomic mass is 10.3. The van der Waals surface area contributed by atoms with E-state index in [-0.39, 0.29) is 12.4 Å². The molecule has 0 saturated heterocycles. The Morgan fingerprint density at radius 2 is 2.00 bits per heavy atom. The van der Waals surface area contributed by atoms with Gasteiger partial charge in [0, 0.05) is 18.2 Å². The number of rotatable bonds is 4. The van der Waals surface area contributed by atoms with Crippen molar-refractivity contribution in [3.8, 4) is 11.8 Å². The molecule has 1 atom stereocenters. The van der Waals surface area contributed by atoms with Crippen LogP contribution in [-0.2, 0) is 0 Å². The number of halogens is 2. The van der Waals surface area contributed by atoms with Gasteiger partial charge in [0.2, 0.25) is 0 Å². The molecule has 1 aromatic carbocycles. The first kappa shape index (κ1) is 11.4. The SMILES string of the molecule is CNC(C#N)COc1cc(F)cc(F)c1. The maximum absolute atomic E-state index is 12.7. The highest BCUT2D eigenvalue weighted by atomic mass is 19.1. The molecular weight excluding hydrogens is 202 g/mol. The van der Waals surface area contributed by atoms with Gasteiger partial charge < -0.3 is 10.1 Å². The van der Waals surface area contributed by atoms with Crippen molar-refractivity contribution in [3.05, 3.63) is 29.8 Å². The molecule has 0 spiro atoms. The molecule has 1 aromatic rings. The first-order chi connectivity index (χ1) is 7.15. The predicted molar refractivity (Wildman–Crippen MR) is 50.3 cm³/mol. The van der Waals surface area contributed by atoms with E-state index >= 15 is 0 Å². The smallest absolute Gasteiger partial charge is 0.129 e. The normalized spacial score (nSPS) is 11.9. The molecular formula is C10H10F2N2O. The standard InChI is InChI=1S/C10H10F2N2O/c1-14-9(5-13)6-15-10-3-7(11)2-8(12)4-10/h2-4,9,14H,6H2,1H3. The van der Waals surface area contributed by atoms with Crippen LogP contribution in [0.5, 0.6) is 5.75 Å². The quantitative estimate of drug-likeness (QED) is 0.821. The van der Waals surface area contributed by atoms with Crippen molar-refractivity contribution >= 4 is 0 Å². The number of benzene rings is 1. The summed E-state index contributed by atoms with van der Waals surface area (Å²) in [5.74, 6) is -1.34. The van der Waals surface area contributed by atoms with E-state index in [1.54, 1.807) is 7.05 Å². The fraction of sp³-hybridized carbons (Fsp3) is 0.300. The van der Waals surface area contributed by atoms with Gasteiger partial charge in [-0.2, -0.15) is 5.26 Å². The van der Waals surface area contributed by atoms with E-state index < -0.39 is 17.7 Å². The summed E-state index contributed by atoms with van der Waals surface area (Å²) in [5.41, 5.74) is 0. The summed E-state index contributed by atoms with van der Waals surface area (Å²) < 4.78 is 30.5. The number of likely N-dealkylation sites (N-methyl/N-ethyl adjacent to an activating group) is 1. The van der Waals surface area contributed by atoms with E-state index in [9.17, 15) is 8.78 Å². The molecule has 0 aliphatic rings. The van der Waals surface area contributed by atoms with Gasteiger partial charge in [-0.15, -0.1) is 0 Å². The lowest BCUT2D eigenvalue weighted by Gasteiger charge is -2.09. The van der Waals surface area contributed by atoms with Gasteiger partial charge in [0.1, 0.15) is 30.0 Å². The molecule has 0 amide bonds. The topological polar surface area (TPSA) is 45.0 Å². The Bertz CT molecular complexity index is 356. The predicted octanol–water partition coefficient (Wildman–Crippen LogP) is 1.46. The summed E-state index contributed by atoms with van der Waals surface area (Å²) in [6.45, 7) is 0.0376. The Hall–Kier alpha value is -1.67. The van der Waals surface area contributed by atoms with Gasteiger partial charge in [0.15, 0.2) is 0 Å². The van der Waals surface area contributed by atoms with Gasteiger partial charge in [0.05, 0.1) is 6.07 Å². The average Bonchev–Trinajstić information content (AvgIpc) is 2.18. The fourth-order valence-electron chi connectivity index (χ4n) is 0.977. The Morgan fingerprint density at radius 1 is 1.40 bits per heavy atom. The molecule has 0 aliphatic heterocycles. The van der Waals surface area contributed by atoms with Crippen molar-refractivity contribution in [2.45, 2.75) is 6.04 Å². The molecule has 0 heterocycles. The summed E-state index contributed by atoms with van der Waals surface area (Å²) in [5, 5.41) is 11.3. The molecule has 80 valence electrons. The Kier molecular flexibility index (Phi) is 4.01. The highest BCUT2D eigenvalue weighted by molar-refractivity contribution is 5.23. The van der Waals surface area contributed by atoms with Crippen LogP contribution in [0.3, 0.4) is 0 Å². The first-order valence-corrected chi connectivity index (χ1v) is 4.31. The van der Waals surface area contributed by atoms with Crippen LogP contribution in [-0.4, -0.2) is 19.7 Å². The van der Waals surface area contributed by atoms with Crippen LogP contribution >= 0.6 is 0 Å². The maximum Gasteiger partial charge on any atom is 0.129 e. The molecule has 0 aliphatic carbocycles. The van der Waals surface area contributed by atoms with Crippen molar-refractivity contribution in [2.24, 2.45) is 0 Å². The Labute approximate surface area is 86.3 Å². The van der Waals surface area contributed by atoms with Gasteiger partial charge in [-0.1, -0.05) is 0 Å². The minimum atomic E-state index is -0.706. The molecule has 0 bridgehead atoms. The number of nitriles is 1. The molecule has 1 N–H and O–H groups in total. The molecule has 0 aromatic heterocycles. The second kappa shape index (κ2) is 5.27. The zero-order valence-electron chi connectivity index (χ0n) is 8.13. The molecule has 0 radical (unpaired) electrons. The Balaban J connectivity index is 2.62. The van der Waals surface area contributed by atoms with Crippen LogP contribution < -0.4 is 10.1 Å². The van der Waals surface area contributed by atoms with E-state index in [0.717, 1.165) is 18.2 Å². The summed E-state index contributed by atoms with van der Waals surface area (Å²) in [6, 6.07) is 4.31. The largest absolute Gasteiger partial charge is 0.491 e. The summed E-state index contributed by atoms with van der Waals surface area (Å²) in [6.07, 6.45) is 0. The summed E-state index contributed by atoms with van der Waals surface area (Å²) >= 11 is 0. The highest BCUT2D eigenvalue weighted by Crippen LogP contribution is 2.15. The first-order valence-electron chi connectivity index (χ1n) is 4.31. The summed E-state index contributed by atoms with van der Waals surface area (Å²) in [4.78, 5) is 0. The van der Waals surface area contributed by atoms with Gasteiger partial charge in [-0.3, -0.25) is 0 Å². The highest BCUT2D eigenvalue weighted by Gasteiger charge is 2.06. The molecule has 0 fully saturated rings. The molecule has 0 saturated carbocycles. The van der Waals surface area contributed by atoms with Crippen molar-refractivity contribution < 1.29 is 13.5 Å². The van der Waals surface area contributed by atoms with E-state index in [4.69, 9.17) is 10.00 Å². The van der Waals surface area contributed by atoms with Crippen molar-refractivity contribution in [3.63, 3.8) is 0 Å². The van der Waals surface area contributed by atoms with Crippen molar-refractivity contribution in [1.29, 1.82) is 5.26 Å². The lowest BCUT2D eigenvalue weighted by Crippen LogP contribution is -2.29. The maximum atomic E-state index is 12.7. The minimum Gasteiger partial charge on any atom is -0.491 e. The zero-order chi connectivity index (χ0) is 11.3. The zero-order valence-corrected chi connectivity index (χ0v) is 8.13. The van der Waals surface area contributed by atoms with Crippen LogP contribution in [0, 0.1) is 23.0 Å². The fourth-order valence-corrected chi connectivity index (χ4v) is 0.977. The van der Waals surface area contributed by atoms with Crippen LogP contribution in [0.25, 0.3) is 0 Å². The number of ether oxygens (including phenoxy) is 1. The lowest BCUT2D eigenvalue weighted by molar-refractivity contribution is 0.292. The van der Waals surface area contributed by atoms with E-state index in [2.05, 4.69) is 5.32 Å². The van der Waals surface area contributed by atoms with Gasteiger partial charge in [0.25, 0.3) is 0 Å². The molecule has 1 rings (SSSR count). The third kappa shape index (κ3) is 3.52. The minimum absolute atomic E-state index is 0.0376. The third-order valence-electron chi connectivity index (χ3n) is 1.76. The number of nitrogens with one attached hydrogen (secondary N) is 1. The van der Waals surface area contributed by atoms with E-state index in [1.165, 1.54) is 0 Å². The van der Waals surface area contributed by atoms with Crippen molar-refractivity contribution in [1.82, 2.24) is 5.32 Å². The molecule has 5 heteroatoms. The molecule has 15 heavy (non-hydrogen) atoms. The Morgan fingerprint density at radius 3 is 2.47 bits per heavy atom. The van der Waals surface area contributed by atoms with Crippen LogP contribution in [0.4, 0.5) is 8.78 Å². The number of nitrogens with zero attached hydrogens (tertiary/aromatic N) is 1. The van der Waals surface area contributed by atoms with Gasteiger partial charge >= 0.3 is 0 Å². The van der Waals surface area contributed by atoms with Crippen molar-refractivity contribution in [2.75, 3.05) is 13.7 Å². The van der Waals surface area contributed by atoms with Gasteiger partial charge in [-0.05, 0) is 7.05 Å². The summed E-state index contributed by atoms with van der Waals surface area (Å²) in [7, 11) is 1.60. The van der Waals surface area contributed by atoms with Crippen LogP contribution in [0.1, 0.15) is 0 Å². The van der Waals surface area contributed by atoms with Gasteiger partial charge in [-0.25, -0.2) is 8.78 Å². The van der Waals surface area contributed by atoms with E-state index in [1.807, 2.05) is 6.07 Å². The molecule has 1 unspecified atom stereocenters. The average molecular weight is 212 g/mol. The second-order valence-electron chi connectivity index (χ2n) is 2.89. The van der Waals surface area contributed by atoms with Crippen LogP contribution in [0.15, 0.2) is 18.2 Å². The van der Waals surface area contributed by atoms with Crippen LogP contribution in [0.2, 0.25) is 0 Å². The monoisotopic (exact) mass is 212 g/mol. The number of hydrogen-bond donors (Lipinski definition) is 1. The van der Waals surface area contributed by atoms with E-state index in [0.29, 0.717) is 0 Å². The third-order valence-corrected chi connectivity index (χ3v) is 1.76. The molecule has 3 nitrogen and oxygen atoms in total. The number of hydrogen-bond acceptors (Lipinski definition) is 3. The second-order valence-corrected chi connectivity index (χ2v) is 2.89.